The molecule has 30 heavy (non-hydrogen) atoms. The van der Waals surface area contributed by atoms with Crippen molar-refractivity contribution >= 4 is 17.5 Å². The Morgan fingerprint density at radius 3 is 2.93 bits per heavy atom. The van der Waals surface area contributed by atoms with E-state index < -0.39 is 0 Å². The Labute approximate surface area is 174 Å². The second-order valence-electron chi connectivity index (χ2n) is 6.84. The van der Waals surface area contributed by atoms with Crippen LogP contribution in [0.25, 0.3) is 11.1 Å². The summed E-state index contributed by atoms with van der Waals surface area (Å²) in [7, 11) is 1.80. The Hall–Kier alpha value is -3.77. The van der Waals surface area contributed by atoms with Crippen LogP contribution < -0.4 is 20.7 Å². The first kappa shape index (κ1) is 19.5. The van der Waals surface area contributed by atoms with Crippen molar-refractivity contribution in [2.75, 3.05) is 30.8 Å². The number of pyridine rings is 2. The van der Waals surface area contributed by atoms with Crippen molar-refractivity contribution in [3.63, 3.8) is 0 Å². The third-order valence-corrected chi connectivity index (χ3v) is 4.76. The lowest BCUT2D eigenvalue weighted by molar-refractivity contribution is 0.166. The lowest BCUT2D eigenvalue weighted by atomic mass is 10.1. The van der Waals surface area contributed by atoms with Gasteiger partial charge in [0.15, 0.2) is 11.4 Å². The molecule has 1 unspecified atom stereocenters. The summed E-state index contributed by atoms with van der Waals surface area (Å²) in [6.07, 6.45) is 8.81. The topological polar surface area (TPSA) is 121 Å². The number of ether oxygens (including phenoxy) is 1. The number of hydrogen-bond acceptors (Lipinski definition) is 9. The summed E-state index contributed by atoms with van der Waals surface area (Å²) in [6, 6.07) is 7.67. The van der Waals surface area contributed by atoms with Crippen molar-refractivity contribution in [1.29, 1.82) is 5.26 Å². The van der Waals surface area contributed by atoms with Crippen LogP contribution in [-0.4, -0.2) is 46.2 Å². The number of nitrogens with one attached hydrogen (secondary N) is 3. The Kier molecular flexibility index (Phi) is 5.96. The number of nitrogens with zero attached hydrogens (tertiary/aromatic N) is 5. The molecule has 0 radical (unpaired) electrons. The zero-order chi connectivity index (χ0) is 20.8. The Bertz CT molecular complexity index is 1040. The first-order valence-electron chi connectivity index (χ1n) is 9.76. The number of aromatic nitrogens is 4. The second-order valence-corrected chi connectivity index (χ2v) is 6.84. The minimum absolute atomic E-state index is 0.0220. The van der Waals surface area contributed by atoms with Crippen molar-refractivity contribution in [1.82, 2.24) is 25.3 Å². The van der Waals surface area contributed by atoms with E-state index in [2.05, 4.69) is 42.0 Å². The summed E-state index contributed by atoms with van der Waals surface area (Å²) >= 11 is 0. The molecule has 0 spiro atoms. The maximum Gasteiger partial charge on any atom is 0.229 e. The monoisotopic (exact) mass is 402 g/mol. The van der Waals surface area contributed by atoms with Crippen molar-refractivity contribution < 1.29 is 4.74 Å². The molecule has 0 aliphatic carbocycles. The van der Waals surface area contributed by atoms with Gasteiger partial charge in [-0.15, -0.1) is 0 Å². The maximum absolute atomic E-state index is 9.37. The first-order valence-corrected chi connectivity index (χ1v) is 9.76. The van der Waals surface area contributed by atoms with E-state index in [1.54, 1.807) is 37.9 Å². The summed E-state index contributed by atoms with van der Waals surface area (Å²) in [5.41, 5.74) is 2.67. The van der Waals surface area contributed by atoms with E-state index in [0.717, 1.165) is 37.1 Å². The highest BCUT2D eigenvalue weighted by Gasteiger charge is 2.17. The molecule has 0 saturated carbocycles. The molecule has 9 heteroatoms. The van der Waals surface area contributed by atoms with Crippen LogP contribution in [0.3, 0.4) is 0 Å². The molecular weight excluding hydrogens is 380 g/mol. The molecule has 3 aromatic rings. The highest BCUT2D eigenvalue weighted by molar-refractivity contribution is 5.75. The summed E-state index contributed by atoms with van der Waals surface area (Å²) < 4.78 is 6.03. The Balaban J connectivity index is 1.56. The molecule has 0 aromatic carbocycles. The highest BCUT2D eigenvalue weighted by Crippen LogP contribution is 2.28. The normalized spacial score (nSPS) is 15.8. The van der Waals surface area contributed by atoms with Crippen LogP contribution in [0.15, 0.2) is 43.0 Å². The summed E-state index contributed by atoms with van der Waals surface area (Å²) in [6.45, 7) is 1.75. The second kappa shape index (κ2) is 9.15. The molecule has 1 aliphatic heterocycles. The van der Waals surface area contributed by atoms with Crippen LogP contribution >= 0.6 is 0 Å². The largest absolute Gasteiger partial charge is 0.486 e. The van der Waals surface area contributed by atoms with Gasteiger partial charge >= 0.3 is 0 Å². The smallest absolute Gasteiger partial charge is 0.229 e. The van der Waals surface area contributed by atoms with E-state index in [1.807, 2.05) is 12.1 Å². The van der Waals surface area contributed by atoms with E-state index in [-0.39, 0.29) is 11.8 Å². The van der Waals surface area contributed by atoms with Gasteiger partial charge in [-0.05, 0) is 25.5 Å². The molecular formula is C21H22N8O. The van der Waals surface area contributed by atoms with Crippen molar-refractivity contribution in [3.8, 4) is 22.9 Å². The predicted octanol–water partition coefficient (Wildman–Crippen LogP) is 2.72. The molecule has 1 atom stereocenters. The van der Waals surface area contributed by atoms with Gasteiger partial charge in [-0.3, -0.25) is 4.98 Å². The fourth-order valence-electron chi connectivity index (χ4n) is 3.28. The molecule has 3 aromatic heterocycles. The number of hydrogen-bond donors (Lipinski definition) is 3. The maximum atomic E-state index is 9.37. The lowest BCUT2D eigenvalue weighted by Gasteiger charge is -2.24. The number of rotatable bonds is 6. The number of anilines is 3. The van der Waals surface area contributed by atoms with Gasteiger partial charge in [0.2, 0.25) is 5.95 Å². The summed E-state index contributed by atoms with van der Waals surface area (Å²) in [4.78, 5) is 17.3. The van der Waals surface area contributed by atoms with Crippen LogP contribution in [0, 0.1) is 11.3 Å². The van der Waals surface area contributed by atoms with Gasteiger partial charge in [0.1, 0.15) is 18.0 Å². The third kappa shape index (κ3) is 4.45. The summed E-state index contributed by atoms with van der Waals surface area (Å²) in [5.74, 6) is 1.53. The summed E-state index contributed by atoms with van der Waals surface area (Å²) in [5, 5.41) is 18.9. The average Bonchev–Trinajstić information content (AvgIpc) is 2.80. The number of piperidine rings is 1. The van der Waals surface area contributed by atoms with Crippen molar-refractivity contribution in [3.05, 3.63) is 48.7 Å². The fourth-order valence-corrected chi connectivity index (χ4v) is 3.28. The zero-order valence-electron chi connectivity index (χ0n) is 16.6. The molecule has 4 rings (SSSR count). The van der Waals surface area contributed by atoms with Crippen LogP contribution in [0.4, 0.5) is 17.5 Å². The molecule has 1 aliphatic rings. The molecule has 0 bridgehead atoms. The van der Waals surface area contributed by atoms with Gasteiger partial charge in [0.25, 0.3) is 0 Å². The first-order chi connectivity index (χ1) is 14.8. The van der Waals surface area contributed by atoms with Crippen LogP contribution in [0.2, 0.25) is 0 Å². The lowest BCUT2D eigenvalue weighted by Crippen LogP contribution is -2.37. The minimum Gasteiger partial charge on any atom is -0.486 e. The van der Waals surface area contributed by atoms with Crippen LogP contribution in [-0.2, 0) is 0 Å². The van der Waals surface area contributed by atoms with E-state index in [9.17, 15) is 5.26 Å². The molecule has 4 heterocycles. The minimum atomic E-state index is 0.0220. The van der Waals surface area contributed by atoms with E-state index in [0.29, 0.717) is 23.2 Å². The zero-order valence-corrected chi connectivity index (χ0v) is 16.6. The van der Waals surface area contributed by atoms with Gasteiger partial charge < -0.3 is 20.7 Å². The molecule has 9 nitrogen and oxygen atoms in total. The van der Waals surface area contributed by atoms with Crippen LogP contribution in [0.5, 0.6) is 5.75 Å². The van der Waals surface area contributed by atoms with E-state index in [4.69, 9.17) is 4.74 Å². The number of nitriles is 1. The van der Waals surface area contributed by atoms with E-state index >= 15 is 0 Å². The van der Waals surface area contributed by atoms with Crippen molar-refractivity contribution in [2.45, 2.75) is 18.9 Å². The SMILES string of the molecule is CNc1nc(Nc2cnc(C#N)c(OC3CCCNC3)c2)ncc1-c1cccnc1. The van der Waals surface area contributed by atoms with Gasteiger partial charge in [-0.1, -0.05) is 6.07 Å². The van der Waals surface area contributed by atoms with Crippen molar-refractivity contribution in [2.24, 2.45) is 0 Å². The highest BCUT2D eigenvalue weighted by atomic mass is 16.5. The van der Waals surface area contributed by atoms with Crippen LogP contribution in [0.1, 0.15) is 18.5 Å². The van der Waals surface area contributed by atoms with Gasteiger partial charge in [0.05, 0.1) is 11.9 Å². The Morgan fingerprint density at radius 2 is 2.20 bits per heavy atom. The average molecular weight is 402 g/mol. The third-order valence-electron chi connectivity index (χ3n) is 4.76. The molecule has 0 amide bonds. The van der Waals surface area contributed by atoms with Gasteiger partial charge in [0, 0.05) is 49.4 Å². The van der Waals surface area contributed by atoms with Gasteiger partial charge in [-0.25, -0.2) is 9.97 Å². The molecule has 1 fully saturated rings. The Morgan fingerprint density at radius 1 is 1.27 bits per heavy atom. The van der Waals surface area contributed by atoms with E-state index in [1.165, 1.54) is 0 Å². The quantitative estimate of drug-likeness (QED) is 0.571. The molecule has 3 N–H and O–H groups in total. The standard InChI is InChI=1S/C21H22N8O/c1-23-20-17(14-4-2-6-24-10-14)13-27-21(29-20)28-15-8-19(18(9-22)26-11-15)30-16-5-3-7-25-12-16/h2,4,6,8,10-11,13,16,25H,3,5,7,12H2,1H3,(H2,23,27,28,29). The molecule has 152 valence electrons. The predicted molar refractivity (Wildman–Crippen MR) is 114 cm³/mol. The van der Waals surface area contributed by atoms with Gasteiger partial charge in [-0.2, -0.15) is 10.2 Å². The molecule has 1 saturated heterocycles. The fraction of sp³-hybridized carbons (Fsp3) is 0.286.